The lowest BCUT2D eigenvalue weighted by molar-refractivity contribution is -0.139. The molecule has 3 heterocycles. The van der Waals surface area contributed by atoms with Crippen LogP contribution >= 0.6 is 0 Å². The number of carbonyl (C=O) groups excluding carboxylic acids is 2. The first-order valence-electron chi connectivity index (χ1n) is 10.5. The maximum atomic E-state index is 12.6. The zero-order valence-electron chi connectivity index (χ0n) is 17.8. The largest absolute Gasteiger partial charge is 0.469 e. The van der Waals surface area contributed by atoms with Crippen LogP contribution in [0.3, 0.4) is 0 Å². The number of hydrogen-bond donors (Lipinski definition) is 2. The van der Waals surface area contributed by atoms with Crippen LogP contribution in [0.1, 0.15) is 35.3 Å². The molecule has 3 aromatic rings. The van der Waals surface area contributed by atoms with Gasteiger partial charge in [0.1, 0.15) is 5.82 Å². The van der Waals surface area contributed by atoms with Gasteiger partial charge in [-0.2, -0.15) is 0 Å². The fourth-order valence-electron chi connectivity index (χ4n) is 3.69. The van der Waals surface area contributed by atoms with Crippen LogP contribution in [0.2, 0.25) is 0 Å². The van der Waals surface area contributed by atoms with Gasteiger partial charge in [-0.05, 0) is 55.7 Å². The average Bonchev–Trinajstić information content (AvgIpc) is 3.19. The summed E-state index contributed by atoms with van der Waals surface area (Å²) in [6.45, 7) is 2.03. The topological polar surface area (TPSA) is 109 Å². The summed E-state index contributed by atoms with van der Waals surface area (Å²) in [5, 5.41) is 5.72. The third kappa shape index (κ3) is 4.88. The Morgan fingerprint density at radius 2 is 1.84 bits per heavy atom. The molecule has 0 aliphatic carbocycles. The van der Waals surface area contributed by atoms with E-state index in [-0.39, 0.29) is 17.9 Å². The summed E-state index contributed by atoms with van der Waals surface area (Å²) in [6.07, 6.45) is 5.26. The number of esters is 1. The number of nitrogens with zero attached hydrogens (tertiary/aromatic N) is 3. The van der Waals surface area contributed by atoms with Gasteiger partial charge < -0.3 is 15.0 Å². The summed E-state index contributed by atoms with van der Waals surface area (Å²) in [7, 11) is 1.29. The number of benzene rings is 1. The van der Waals surface area contributed by atoms with Gasteiger partial charge in [0, 0.05) is 30.4 Å². The molecule has 1 amide bonds. The summed E-state index contributed by atoms with van der Waals surface area (Å²) in [4.78, 5) is 42.9. The third-order valence-electron chi connectivity index (χ3n) is 5.41. The van der Waals surface area contributed by atoms with Gasteiger partial charge in [-0.3, -0.25) is 19.5 Å². The van der Waals surface area contributed by atoms with Crippen molar-refractivity contribution >= 4 is 23.4 Å². The van der Waals surface area contributed by atoms with Crippen molar-refractivity contribution in [3.05, 3.63) is 70.3 Å². The highest BCUT2D eigenvalue weighted by molar-refractivity contribution is 6.04. The monoisotopic (exact) mass is 435 g/mol. The fourth-order valence-corrected chi connectivity index (χ4v) is 3.69. The molecule has 4 rings (SSSR count). The number of nitrogens with one attached hydrogen (secondary N) is 2. The van der Waals surface area contributed by atoms with Crippen molar-refractivity contribution in [3.63, 3.8) is 0 Å². The summed E-state index contributed by atoms with van der Waals surface area (Å²) < 4.78 is 5.92. The molecule has 1 aliphatic heterocycles. The van der Waals surface area contributed by atoms with E-state index in [1.165, 1.54) is 37.1 Å². The highest BCUT2D eigenvalue weighted by atomic mass is 16.5. The molecule has 0 unspecified atom stereocenters. The molecule has 166 valence electrons. The molecular formula is C23H25N5O4. The van der Waals surface area contributed by atoms with Crippen molar-refractivity contribution in [1.29, 1.82) is 0 Å². The second kappa shape index (κ2) is 9.51. The SMILES string of the molecule is COC(=O)Cc1cc(=O)n(-c2ccc(C(=O)Nc3ccc(N4CCCCC4)nc3)cc2)[nH]1. The van der Waals surface area contributed by atoms with Gasteiger partial charge in [0.05, 0.1) is 31.1 Å². The number of methoxy groups -OCH3 is 1. The normalized spacial score (nSPS) is 13.6. The van der Waals surface area contributed by atoms with Gasteiger partial charge in [0.2, 0.25) is 0 Å². The number of ether oxygens (including phenoxy) is 1. The maximum Gasteiger partial charge on any atom is 0.311 e. The molecule has 1 saturated heterocycles. The van der Waals surface area contributed by atoms with E-state index in [1.807, 2.05) is 12.1 Å². The number of aromatic nitrogens is 3. The van der Waals surface area contributed by atoms with E-state index in [9.17, 15) is 14.4 Å². The van der Waals surface area contributed by atoms with Crippen LogP contribution in [0.25, 0.3) is 5.69 Å². The zero-order chi connectivity index (χ0) is 22.5. The minimum atomic E-state index is -0.441. The summed E-state index contributed by atoms with van der Waals surface area (Å²) in [5.74, 6) is 0.216. The highest BCUT2D eigenvalue weighted by Crippen LogP contribution is 2.19. The van der Waals surface area contributed by atoms with Crippen molar-refractivity contribution in [2.24, 2.45) is 0 Å². The number of hydrogen-bond acceptors (Lipinski definition) is 6. The van der Waals surface area contributed by atoms with Crippen molar-refractivity contribution in [1.82, 2.24) is 14.8 Å². The van der Waals surface area contributed by atoms with E-state index < -0.39 is 5.97 Å². The van der Waals surface area contributed by atoms with Gasteiger partial charge in [0.15, 0.2) is 0 Å². The van der Waals surface area contributed by atoms with Gasteiger partial charge in [-0.25, -0.2) is 9.67 Å². The molecule has 0 spiro atoms. The lowest BCUT2D eigenvalue weighted by Crippen LogP contribution is -2.30. The van der Waals surface area contributed by atoms with Crippen molar-refractivity contribution in [2.75, 3.05) is 30.4 Å². The van der Waals surface area contributed by atoms with E-state index in [0.29, 0.717) is 22.6 Å². The van der Waals surface area contributed by atoms with Crippen LogP contribution in [0.5, 0.6) is 0 Å². The second-order valence-corrected chi connectivity index (χ2v) is 7.66. The number of piperidine rings is 1. The summed E-state index contributed by atoms with van der Waals surface area (Å²) in [6, 6.07) is 11.7. The fraction of sp³-hybridized carbons (Fsp3) is 0.304. The van der Waals surface area contributed by atoms with Crippen LogP contribution in [0.15, 0.2) is 53.5 Å². The van der Waals surface area contributed by atoms with E-state index in [0.717, 1.165) is 18.9 Å². The van der Waals surface area contributed by atoms with Gasteiger partial charge in [0.25, 0.3) is 11.5 Å². The molecule has 0 saturated carbocycles. The van der Waals surface area contributed by atoms with Crippen LogP contribution < -0.4 is 15.8 Å². The number of anilines is 2. The van der Waals surface area contributed by atoms with E-state index in [1.54, 1.807) is 30.5 Å². The molecule has 2 N–H and O–H groups in total. The van der Waals surface area contributed by atoms with Gasteiger partial charge in [-0.1, -0.05) is 0 Å². The first-order valence-corrected chi connectivity index (χ1v) is 10.5. The molecule has 32 heavy (non-hydrogen) atoms. The van der Waals surface area contributed by atoms with E-state index >= 15 is 0 Å². The number of carbonyl (C=O) groups is 2. The quantitative estimate of drug-likeness (QED) is 0.576. The first kappa shape index (κ1) is 21.4. The van der Waals surface area contributed by atoms with Crippen LogP contribution in [0.4, 0.5) is 11.5 Å². The molecule has 1 aliphatic rings. The Hall–Kier alpha value is -3.88. The zero-order valence-corrected chi connectivity index (χ0v) is 17.8. The minimum Gasteiger partial charge on any atom is -0.469 e. The lowest BCUT2D eigenvalue weighted by atomic mass is 10.1. The predicted molar refractivity (Wildman–Crippen MR) is 120 cm³/mol. The molecule has 1 fully saturated rings. The lowest BCUT2D eigenvalue weighted by Gasteiger charge is -2.27. The Balaban J connectivity index is 1.41. The molecule has 0 atom stereocenters. The van der Waals surface area contributed by atoms with Crippen molar-refractivity contribution < 1.29 is 14.3 Å². The molecule has 2 aromatic heterocycles. The molecular weight excluding hydrogens is 410 g/mol. The van der Waals surface area contributed by atoms with E-state index in [2.05, 4.69) is 25.0 Å². The Morgan fingerprint density at radius 3 is 2.50 bits per heavy atom. The maximum absolute atomic E-state index is 12.6. The number of aromatic amines is 1. The van der Waals surface area contributed by atoms with Crippen LogP contribution in [-0.2, 0) is 16.0 Å². The Kier molecular flexibility index (Phi) is 6.34. The van der Waals surface area contributed by atoms with Crippen LogP contribution in [0, 0.1) is 0 Å². The van der Waals surface area contributed by atoms with Crippen LogP contribution in [-0.4, -0.2) is 46.8 Å². The Labute approximate surface area is 185 Å². The molecule has 9 nitrogen and oxygen atoms in total. The molecule has 0 radical (unpaired) electrons. The first-order chi connectivity index (χ1) is 15.5. The average molecular weight is 435 g/mol. The molecule has 1 aromatic carbocycles. The smallest absolute Gasteiger partial charge is 0.311 e. The summed E-state index contributed by atoms with van der Waals surface area (Å²) >= 11 is 0. The summed E-state index contributed by atoms with van der Waals surface area (Å²) in [5.41, 5.74) is 1.76. The molecule has 9 heteroatoms. The Bertz CT molecular complexity index is 1140. The van der Waals surface area contributed by atoms with Crippen molar-refractivity contribution in [2.45, 2.75) is 25.7 Å². The number of pyridine rings is 1. The number of H-pyrrole nitrogens is 1. The van der Waals surface area contributed by atoms with Crippen molar-refractivity contribution in [3.8, 4) is 5.69 Å². The van der Waals surface area contributed by atoms with E-state index in [4.69, 9.17) is 0 Å². The minimum absolute atomic E-state index is 0.0240. The number of amides is 1. The van der Waals surface area contributed by atoms with Gasteiger partial charge >= 0.3 is 5.97 Å². The highest BCUT2D eigenvalue weighted by Gasteiger charge is 2.13. The number of rotatable bonds is 6. The van der Waals surface area contributed by atoms with Gasteiger partial charge in [-0.15, -0.1) is 0 Å². The predicted octanol–water partition coefficient (Wildman–Crippen LogP) is 2.52. The standard InChI is InChI=1S/C23H25N5O4/c1-32-22(30)14-18-13-21(29)28(26-18)19-8-5-16(6-9-19)23(31)25-17-7-10-20(24-15-17)27-11-3-2-4-12-27/h5-10,13,15,26H,2-4,11-12,14H2,1H3,(H,25,31). The molecule has 0 bridgehead atoms. The third-order valence-corrected chi connectivity index (χ3v) is 5.41. The Morgan fingerprint density at radius 1 is 1.09 bits per heavy atom. The second-order valence-electron chi connectivity index (χ2n) is 7.66.